The first-order chi connectivity index (χ1) is 6.32. The fourth-order valence-corrected chi connectivity index (χ4v) is 2.45. The van der Waals surface area contributed by atoms with Crippen molar-refractivity contribution in [2.75, 3.05) is 19.6 Å². The van der Waals surface area contributed by atoms with Gasteiger partial charge in [0.15, 0.2) is 0 Å². The van der Waals surface area contributed by atoms with E-state index < -0.39 is 0 Å². The van der Waals surface area contributed by atoms with Crippen LogP contribution in [0, 0.1) is 0 Å². The van der Waals surface area contributed by atoms with E-state index in [1.807, 2.05) is 0 Å². The lowest BCUT2D eigenvalue weighted by Crippen LogP contribution is -2.59. The van der Waals surface area contributed by atoms with Crippen LogP contribution in [0.3, 0.4) is 0 Å². The topological polar surface area (TPSA) is 6.48 Å². The summed E-state index contributed by atoms with van der Waals surface area (Å²) in [5, 5.41) is 0. The standard InChI is InChI=1S/C12H26N2/c1-10(2)13-7-8-14(11(3)9-13)12(4,5)6/h10-11H,7-9H2,1-6H3/t11-/m0/s1. The summed E-state index contributed by atoms with van der Waals surface area (Å²) in [6.07, 6.45) is 0. The minimum absolute atomic E-state index is 0.322. The summed E-state index contributed by atoms with van der Waals surface area (Å²) in [5.74, 6) is 0. The molecular formula is C12H26N2. The Morgan fingerprint density at radius 3 is 2.07 bits per heavy atom. The van der Waals surface area contributed by atoms with Gasteiger partial charge in [0.25, 0.3) is 0 Å². The van der Waals surface area contributed by atoms with Crippen molar-refractivity contribution in [2.45, 2.75) is 59.2 Å². The quantitative estimate of drug-likeness (QED) is 0.637. The normalized spacial score (nSPS) is 27.2. The average molecular weight is 198 g/mol. The number of hydrogen-bond acceptors (Lipinski definition) is 2. The molecule has 2 heteroatoms. The molecule has 14 heavy (non-hydrogen) atoms. The van der Waals surface area contributed by atoms with Gasteiger partial charge in [-0.3, -0.25) is 9.80 Å². The SMILES string of the molecule is CC(C)N1CCN(C(C)(C)C)[C@@H](C)C1. The second kappa shape index (κ2) is 4.19. The second-order valence-corrected chi connectivity index (χ2v) is 5.80. The maximum Gasteiger partial charge on any atom is 0.0200 e. The van der Waals surface area contributed by atoms with E-state index in [4.69, 9.17) is 0 Å². The maximum absolute atomic E-state index is 2.62. The third-order valence-electron chi connectivity index (χ3n) is 3.25. The first kappa shape index (κ1) is 12.0. The third kappa shape index (κ3) is 2.71. The van der Waals surface area contributed by atoms with Crippen LogP contribution in [-0.2, 0) is 0 Å². The predicted octanol–water partition coefficient (Wildman–Crippen LogP) is 2.20. The first-order valence-electron chi connectivity index (χ1n) is 5.83. The molecule has 1 aliphatic rings. The van der Waals surface area contributed by atoms with Crippen LogP contribution >= 0.6 is 0 Å². The summed E-state index contributed by atoms with van der Waals surface area (Å²) < 4.78 is 0. The molecule has 84 valence electrons. The van der Waals surface area contributed by atoms with E-state index in [1.54, 1.807) is 0 Å². The summed E-state index contributed by atoms with van der Waals surface area (Å²) in [6.45, 7) is 17.5. The van der Waals surface area contributed by atoms with Crippen molar-refractivity contribution < 1.29 is 0 Å². The minimum Gasteiger partial charge on any atom is -0.298 e. The van der Waals surface area contributed by atoms with E-state index in [0.717, 1.165) is 0 Å². The van der Waals surface area contributed by atoms with E-state index in [1.165, 1.54) is 19.6 Å². The monoisotopic (exact) mass is 198 g/mol. The van der Waals surface area contributed by atoms with Crippen molar-refractivity contribution in [2.24, 2.45) is 0 Å². The minimum atomic E-state index is 0.322. The average Bonchev–Trinajstić information content (AvgIpc) is 2.01. The third-order valence-corrected chi connectivity index (χ3v) is 3.25. The highest BCUT2D eigenvalue weighted by molar-refractivity contribution is 4.87. The molecule has 0 bridgehead atoms. The summed E-state index contributed by atoms with van der Waals surface area (Å²) in [4.78, 5) is 5.19. The maximum atomic E-state index is 2.62. The smallest absolute Gasteiger partial charge is 0.0200 e. The van der Waals surface area contributed by atoms with Crippen LogP contribution in [0.4, 0.5) is 0 Å². The van der Waals surface area contributed by atoms with Crippen molar-refractivity contribution in [3.05, 3.63) is 0 Å². The summed E-state index contributed by atoms with van der Waals surface area (Å²) in [6, 6.07) is 1.38. The Balaban J connectivity index is 2.56. The largest absolute Gasteiger partial charge is 0.298 e. The van der Waals surface area contributed by atoms with Gasteiger partial charge in [0.2, 0.25) is 0 Å². The van der Waals surface area contributed by atoms with Gasteiger partial charge >= 0.3 is 0 Å². The molecule has 1 atom stereocenters. The van der Waals surface area contributed by atoms with Crippen molar-refractivity contribution in [1.82, 2.24) is 9.80 Å². The lowest BCUT2D eigenvalue weighted by molar-refractivity contribution is 0.00712. The first-order valence-corrected chi connectivity index (χ1v) is 5.83. The molecule has 1 aliphatic heterocycles. The molecular weight excluding hydrogens is 172 g/mol. The van der Waals surface area contributed by atoms with Crippen LogP contribution < -0.4 is 0 Å². The van der Waals surface area contributed by atoms with Crippen molar-refractivity contribution in [3.8, 4) is 0 Å². The molecule has 0 radical (unpaired) electrons. The van der Waals surface area contributed by atoms with E-state index in [2.05, 4.69) is 51.3 Å². The van der Waals surface area contributed by atoms with Gasteiger partial charge in [-0.15, -0.1) is 0 Å². The lowest BCUT2D eigenvalue weighted by Gasteiger charge is -2.47. The summed E-state index contributed by atoms with van der Waals surface area (Å²) in [7, 11) is 0. The van der Waals surface area contributed by atoms with Gasteiger partial charge in [-0.25, -0.2) is 0 Å². The fourth-order valence-electron chi connectivity index (χ4n) is 2.45. The van der Waals surface area contributed by atoms with Gasteiger partial charge < -0.3 is 0 Å². The Morgan fingerprint density at radius 2 is 1.71 bits per heavy atom. The highest BCUT2D eigenvalue weighted by atomic mass is 15.3. The van der Waals surface area contributed by atoms with E-state index in [0.29, 0.717) is 17.6 Å². The van der Waals surface area contributed by atoms with E-state index in [9.17, 15) is 0 Å². The van der Waals surface area contributed by atoms with E-state index >= 15 is 0 Å². The lowest BCUT2D eigenvalue weighted by atomic mass is 10.0. The molecule has 0 saturated carbocycles. The molecule has 0 N–H and O–H groups in total. The Kier molecular flexibility index (Phi) is 3.59. The zero-order valence-electron chi connectivity index (χ0n) is 10.7. The van der Waals surface area contributed by atoms with Crippen molar-refractivity contribution >= 4 is 0 Å². The van der Waals surface area contributed by atoms with Gasteiger partial charge in [0.1, 0.15) is 0 Å². The van der Waals surface area contributed by atoms with Crippen LogP contribution in [0.2, 0.25) is 0 Å². The Morgan fingerprint density at radius 1 is 1.14 bits per heavy atom. The molecule has 1 heterocycles. The summed E-state index contributed by atoms with van der Waals surface area (Å²) in [5.41, 5.74) is 0.322. The molecule has 0 aromatic rings. The van der Waals surface area contributed by atoms with Crippen LogP contribution in [0.15, 0.2) is 0 Å². The van der Waals surface area contributed by atoms with Gasteiger partial charge in [0.05, 0.1) is 0 Å². The van der Waals surface area contributed by atoms with Gasteiger partial charge in [-0.2, -0.15) is 0 Å². The van der Waals surface area contributed by atoms with E-state index in [-0.39, 0.29) is 0 Å². The highest BCUT2D eigenvalue weighted by Gasteiger charge is 2.31. The molecule has 2 nitrogen and oxygen atoms in total. The van der Waals surface area contributed by atoms with Crippen LogP contribution in [-0.4, -0.2) is 47.1 Å². The number of hydrogen-bond donors (Lipinski definition) is 0. The van der Waals surface area contributed by atoms with Gasteiger partial charge in [0, 0.05) is 37.3 Å². The van der Waals surface area contributed by atoms with Crippen molar-refractivity contribution in [1.29, 1.82) is 0 Å². The molecule has 0 aromatic heterocycles. The molecule has 1 fully saturated rings. The molecule has 0 unspecified atom stereocenters. The number of piperazine rings is 1. The van der Waals surface area contributed by atoms with Crippen molar-refractivity contribution in [3.63, 3.8) is 0 Å². The zero-order valence-corrected chi connectivity index (χ0v) is 10.7. The number of nitrogens with zero attached hydrogens (tertiary/aromatic N) is 2. The van der Waals surface area contributed by atoms with Gasteiger partial charge in [-0.1, -0.05) is 0 Å². The van der Waals surface area contributed by atoms with Crippen LogP contribution in [0.5, 0.6) is 0 Å². The zero-order chi connectivity index (χ0) is 10.9. The Labute approximate surface area is 89.3 Å². The van der Waals surface area contributed by atoms with Gasteiger partial charge in [-0.05, 0) is 41.5 Å². The second-order valence-electron chi connectivity index (χ2n) is 5.80. The highest BCUT2D eigenvalue weighted by Crippen LogP contribution is 2.21. The molecule has 0 aliphatic carbocycles. The molecule has 0 spiro atoms. The summed E-state index contributed by atoms with van der Waals surface area (Å²) >= 11 is 0. The molecule has 1 rings (SSSR count). The molecule has 0 amide bonds. The Hall–Kier alpha value is -0.0800. The predicted molar refractivity (Wildman–Crippen MR) is 62.6 cm³/mol. The Bertz CT molecular complexity index is 181. The fraction of sp³-hybridized carbons (Fsp3) is 1.00. The number of rotatable bonds is 1. The molecule has 0 aromatic carbocycles. The van der Waals surface area contributed by atoms with Crippen LogP contribution in [0.25, 0.3) is 0 Å². The van der Waals surface area contributed by atoms with Crippen LogP contribution in [0.1, 0.15) is 41.5 Å². The molecule has 1 saturated heterocycles.